The maximum atomic E-state index is 4.84. The molecule has 0 aromatic rings. The van der Waals surface area contributed by atoms with Crippen LogP contribution in [0.3, 0.4) is 0 Å². The summed E-state index contributed by atoms with van der Waals surface area (Å²) in [4.78, 5) is 0. The molecule has 48 valence electrons. The highest BCUT2D eigenvalue weighted by atomic mass is 16.5. The summed E-state index contributed by atoms with van der Waals surface area (Å²) < 4.78 is 9.68. The average molecular weight is 124 g/mol. The maximum absolute atomic E-state index is 4.84. The van der Waals surface area contributed by atoms with Gasteiger partial charge in [-0.2, -0.15) is 0 Å². The molecule has 0 fully saturated rings. The molecular formula is C7H8O2. The van der Waals surface area contributed by atoms with Gasteiger partial charge in [0, 0.05) is 12.8 Å². The van der Waals surface area contributed by atoms with Gasteiger partial charge in [-0.05, 0) is 6.42 Å². The molecule has 0 unspecified atom stereocenters. The average Bonchev–Trinajstić information content (AvgIpc) is 2.57. The van der Waals surface area contributed by atoms with Gasteiger partial charge in [0.25, 0.3) is 0 Å². The molecule has 0 amide bonds. The normalized spacial score (nSPS) is 19.1. The summed E-state index contributed by atoms with van der Waals surface area (Å²) in [5.74, 6) is 2.27. The Bertz CT molecular complexity index is 159. The lowest BCUT2D eigenvalue weighted by molar-refractivity contribution is 0.457. The molecular weight excluding hydrogens is 116 g/mol. The molecule has 0 saturated carbocycles. The Morgan fingerprint density at radius 2 is 1.44 bits per heavy atom. The van der Waals surface area contributed by atoms with Crippen molar-refractivity contribution in [3.63, 3.8) is 0 Å². The Balaban J connectivity index is 1.56. The van der Waals surface area contributed by atoms with Gasteiger partial charge < -0.3 is 9.47 Å². The fraction of sp³-hybridized carbons (Fsp3) is 0.429. The molecule has 9 heavy (non-hydrogen) atoms. The second-order valence-corrected chi connectivity index (χ2v) is 2.26. The van der Waals surface area contributed by atoms with Crippen molar-refractivity contribution in [2.24, 2.45) is 0 Å². The van der Waals surface area contributed by atoms with Crippen LogP contribution < -0.4 is 0 Å². The first-order valence-electron chi connectivity index (χ1n) is 3.16. The third-order valence-electron chi connectivity index (χ3n) is 1.42. The Kier molecular flexibility index (Phi) is 0.979. The molecule has 0 N–H and O–H groups in total. The predicted molar refractivity (Wildman–Crippen MR) is 32.2 cm³/mol. The molecule has 2 aliphatic rings. The largest absolute Gasteiger partial charge is 0.463 e. The summed E-state index contributed by atoms with van der Waals surface area (Å²) in [6.07, 6.45) is 6.88. The highest BCUT2D eigenvalue weighted by Crippen LogP contribution is 2.25. The van der Waals surface area contributed by atoms with Gasteiger partial charge in [0.15, 0.2) is 0 Å². The highest BCUT2D eigenvalue weighted by molar-refractivity contribution is 5.05. The van der Waals surface area contributed by atoms with Gasteiger partial charge in [-0.1, -0.05) is 0 Å². The van der Waals surface area contributed by atoms with Gasteiger partial charge >= 0.3 is 0 Å². The third kappa shape index (κ3) is 1.49. The number of rotatable bonds is 4. The molecule has 2 rings (SSSR count). The second-order valence-electron chi connectivity index (χ2n) is 2.26. The Hall–Kier alpha value is -0.920. The molecule has 2 nitrogen and oxygen atoms in total. The Morgan fingerprint density at radius 3 is 1.78 bits per heavy atom. The van der Waals surface area contributed by atoms with E-state index in [0.717, 1.165) is 30.8 Å². The molecule has 0 bridgehead atoms. The van der Waals surface area contributed by atoms with Crippen LogP contribution in [0.25, 0.3) is 0 Å². The summed E-state index contributed by atoms with van der Waals surface area (Å²) >= 11 is 0. The van der Waals surface area contributed by atoms with E-state index in [4.69, 9.17) is 9.47 Å². The van der Waals surface area contributed by atoms with Crippen LogP contribution in [-0.4, -0.2) is 0 Å². The molecule has 0 spiro atoms. The lowest BCUT2D eigenvalue weighted by Crippen LogP contribution is -1.72. The SMILES string of the molecule is C1=C(CCCC2=CO2)O1. The van der Waals surface area contributed by atoms with Gasteiger partial charge in [0.05, 0.1) is 0 Å². The van der Waals surface area contributed by atoms with Crippen LogP contribution >= 0.6 is 0 Å². The van der Waals surface area contributed by atoms with Crippen LogP contribution in [0, 0.1) is 0 Å². The molecule has 0 aromatic heterocycles. The van der Waals surface area contributed by atoms with Crippen molar-refractivity contribution in [1.82, 2.24) is 0 Å². The van der Waals surface area contributed by atoms with Gasteiger partial charge in [-0.15, -0.1) is 0 Å². The van der Waals surface area contributed by atoms with Crippen molar-refractivity contribution in [1.29, 1.82) is 0 Å². The number of hydrogen-bond donors (Lipinski definition) is 0. The van der Waals surface area contributed by atoms with E-state index in [1.807, 2.05) is 0 Å². The van der Waals surface area contributed by atoms with Crippen molar-refractivity contribution in [3.8, 4) is 0 Å². The summed E-state index contributed by atoms with van der Waals surface area (Å²) in [5, 5.41) is 0. The summed E-state index contributed by atoms with van der Waals surface area (Å²) in [6, 6.07) is 0. The first kappa shape index (κ1) is 4.91. The zero-order valence-electron chi connectivity index (χ0n) is 5.09. The van der Waals surface area contributed by atoms with Crippen molar-refractivity contribution >= 4 is 0 Å². The predicted octanol–water partition coefficient (Wildman–Crippen LogP) is 1.90. The van der Waals surface area contributed by atoms with E-state index in [0.29, 0.717) is 0 Å². The molecule has 0 aliphatic carbocycles. The van der Waals surface area contributed by atoms with Crippen molar-refractivity contribution < 1.29 is 9.47 Å². The number of ether oxygens (including phenoxy) is 2. The van der Waals surface area contributed by atoms with E-state index in [1.165, 1.54) is 0 Å². The van der Waals surface area contributed by atoms with Crippen LogP contribution in [0.2, 0.25) is 0 Å². The zero-order chi connectivity index (χ0) is 6.10. The Morgan fingerprint density at radius 1 is 1.00 bits per heavy atom. The van der Waals surface area contributed by atoms with Gasteiger partial charge in [0.1, 0.15) is 24.0 Å². The topological polar surface area (TPSA) is 25.1 Å². The minimum atomic E-state index is 1.07. The smallest absolute Gasteiger partial charge is 0.138 e. The van der Waals surface area contributed by atoms with E-state index in [9.17, 15) is 0 Å². The molecule has 2 heteroatoms. The minimum absolute atomic E-state index is 1.07. The lowest BCUT2D eigenvalue weighted by atomic mass is 10.2. The van der Waals surface area contributed by atoms with E-state index in [-0.39, 0.29) is 0 Å². The van der Waals surface area contributed by atoms with Crippen LogP contribution in [-0.2, 0) is 9.47 Å². The van der Waals surface area contributed by atoms with Gasteiger partial charge in [-0.25, -0.2) is 0 Å². The fourth-order valence-corrected chi connectivity index (χ4v) is 0.756. The standard InChI is InChI=1S/C7H8O2/c1(2-6-4-8-6)3-7-5-9-7/h4-5H,1-3H2. The van der Waals surface area contributed by atoms with E-state index in [2.05, 4.69) is 0 Å². The monoisotopic (exact) mass is 124 g/mol. The summed E-state index contributed by atoms with van der Waals surface area (Å²) in [5.41, 5.74) is 0. The van der Waals surface area contributed by atoms with Crippen molar-refractivity contribution in [2.45, 2.75) is 19.3 Å². The second kappa shape index (κ2) is 1.79. The van der Waals surface area contributed by atoms with Crippen LogP contribution in [0.15, 0.2) is 24.0 Å². The van der Waals surface area contributed by atoms with E-state index < -0.39 is 0 Å². The fourth-order valence-electron chi connectivity index (χ4n) is 0.756. The number of allylic oxidation sites excluding steroid dienone is 2. The molecule has 0 radical (unpaired) electrons. The van der Waals surface area contributed by atoms with Gasteiger partial charge in [-0.3, -0.25) is 0 Å². The third-order valence-corrected chi connectivity index (χ3v) is 1.42. The molecule has 0 atom stereocenters. The first-order chi connectivity index (χ1) is 4.45. The van der Waals surface area contributed by atoms with E-state index >= 15 is 0 Å². The van der Waals surface area contributed by atoms with E-state index in [1.54, 1.807) is 12.5 Å². The summed E-state index contributed by atoms with van der Waals surface area (Å²) in [7, 11) is 0. The maximum Gasteiger partial charge on any atom is 0.138 e. The first-order valence-corrected chi connectivity index (χ1v) is 3.16. The molecule has 2 aliphatic heterocycles. The number of hydrogen-bond acceptors (Lipinski definition) is 2. The zero-order valence-corrected chi connectivity index (χ0v) is 5.09. The van der Waals surface area contributed by atoms with Crippen LogP contribution in [0.4, 0.5) is 0 Å². The van der Waals surface area contributed by atoms with Gasteiger partial charge in [0.2, 0.25) is 0 Å². The van der Waals surface area contributed by atoms with Crippen LogP contribution in [0.5, 0.6) is 0 Å². The molecule has 2 heterocycles. The van der Waals surface area contributed by atoms with Crippen molar-refractivity contribution in [3.05, 3.63) is 24.0 Å². The van der Waals surface area contributed by atoms with Crippen molar-refractivity contribution in [2.75, 3.05) is 0 Å². The summed E-state index contributed by atoms with van der Waals surface area (Å²) in [6.45, 7) is 0. The minimum Gasteiger partial charge on any atom is -0.463 e. The molecule has 0 saturated heterocycles. The van der Waals surface area contributed by atoms with Crippen LogP contribution in [0.1, 0.15) is 19.3 Å². The molecule has 0 aromatic carbocycles. The Labute approximate surface area is 53.8 Å². The quantitative estimate of drug-likeness (QED) is 0.571. The lowest BCUT2D eigenvalue weighted by Gasteiger charge is -1.86. The highest BCUT2D eigenvalue weighted by Gasteiger charge is 2.12.